The van der Waals surface area contributed by atoms with Crippen molar-refractivity contribution in [1.29, 1.82) is 0 Å². The van der Waals surface area contributed by atoms with Crippen molar-refractivity contribution in [3.8, 4) is 5.75 Å². The van der Waals surface area contributed by atoms with Crippen LogP contribution in [0, 0.1) is 0 Å². The van der Waals surface area contributed by atoms with Gasteiger partial charge in [0.05, 0.1) is 6.21 Å². The first kappa shape index (κ1) is 16.2. The van der Waals surface area contributed by atoms with Crippen LogP contribution in [-0.4, -0.2) is 18.7 Å². The van der Waals surface area contributed by atoms with E-state index in [0.29, 0.717) is 0 Å². The van der Waals surface area contributed by atoms with Gasteiger partial charge in [-0.25, -0.2) is 5.43 Å². The van der Waals surface area contributed by atoms with Crippen LogP contribution in [0.1, 0.15) is 18.1 Å². The van der Waals surface area contributed by atoms with Crippen molar-refractivity contribution in [2.24, 2.45) is 5.10 Å². The highest BCUT2D eigenvalue weighted by molar-refractivity contribution is 9.10. The highest BCUT2D eigenvalue weighted by Gasteiger charge is 2.04. The quantitative estimate of drug-likeness (QED) is 0.632. The zero-order chi connectivity index (χ0) is 15.8. The zero-order valence-corrected chi connectivity index (χ0v) is 13.8. The van der Waals surface area contributed by atoms with Crippen LogP contribution < -0.4 is 10.2 Å². The molecule has 2 rings (SSSR count). The molecule has 0 fully saturated rings. The third-order valence-corrected chi connectivity index (χ3v) is 3.51. The number of hydrogen-bond acceptors (Lipinski definition) is 3. The third kappa shape index (κ3) is 5.00. The molecule has 1 N–H and O–H groups in total. The number of para-hydroxylation sites is 1. The molecule has 0 spiro atoms. The van der Waals surface area contributed by atoms with Crippen molar-refractivity contribution in [1.82, 2.24) is 5.43 Å². The minimum atomic E-state index is -0.292. The van der Waals surface area contributed by atoms with Crippen LogP contribution >= 0.6 is 15.9 Å². The molecule has 0 aromatic heterocycles. The number of nitrogens with one attached hydrogen (secondary N) is 1. The number of carbonyl (C=O) groups excluding carboxylic acids is 1. The monoisotopic (exact) mass is 360 g/mol. The van der Waals surface area contributed by atoms with Gasteiger partial charge in [-0.2, -0.15) is 5.10 Å². The second-order valence-corrected chi connectivity index (χ2v) is 5.51. The summed E-state index contributed by atoms with van der Waals surface area (Å²) >= 11 is 3.36. The van der Waals surface area contributed by atoms with Crippen LogP contribution in [0.15, 0.2) is 58.1 Å². The fourth-order valence-electron chi connectivity index (χ4n) is 1.84. The lowest BCUT2D eigenvalue weighted by Crippen LogP contribution is -2.24. The summed E-state index contributed by atoms with van der Waals surface area (Å²) in [5.74, 6) is 0.441. The molecule has 0 atom stereocenters. The van der Waals surface area contributed by atoms with Gasteiger partial charge in [-0.3, -0.25) is 4.79 Å². The van der Waals surface area contributed by atoms with Gasteiger partial charge >= 0.3 is 0 Å². The molecule has 2 aromatic rings. The molecule has 2 aromatic carbocycles. The Morgan fingerprint density at radius 2 is 1.95 bits per heavy atom. The maximum absolute atomic E-state index is 11.7. The topological polar surface area (TPSA) is 50.7 Å². The van der Waals surface area contributed by atoms with Crippen LogP contribution in [0.5, 0.6) is 5.75 Å². The van der Waals surface area contributed by atoms with Crippen LogP contribution in [0.25, 0.3) is 0 Å². The number of ether oxygens (including phenoxy) is 1. The standard InChI is InChI=1S/C17H17BrN2O2/c1-2-14-5-3-4-6-16(14)22-12-17(21)20-19-11-13-7-9-15(18)10-8-13/h3-11H,2,12H2,1H3,(H,20,21)/b19-11-. The molecule has 114 valence electrons. The maximum Gasteiger partial charge on any atom is 0.277 e. The van der Waals surface area contributed by atoms with E-state index in [1.807, 2.05) is 55.5 Å². The van der Waals surface area contributed by atoms with Gasteiger partial charge in [-0.05, 0) is 35.7 Å². The van der Waals surface area contributed by atoms with Crippen molar-refractivity contribution in [2.75, 3.05) is 6.61 Å². The predicted octanol–water partition coefficient (Wildman–Crippen LogP) is 3.54. The molecule has 4 nitrogen and oxygen atoms in total. The number of benzene rings is 2. The van der Waals surface area contributed by atoms with Crippen LogP contribution in [0.2, 0.25) is 0 Å². The largest absolute Gasteiger partial charge is 0.483 e. The molecule has 0 aliphatic carbocycles. The molecule has 5 heteroatoms. The predicted molar refractivity (Wildman–Crippen MR) is 91.2 cm³/mol. The summed E-state index contributed by atoms with van der Waals surface area (Å²) in [7, 11) is 0. The first-order valence-corrected chi connectivity index (χ1v) is 7.76. The van der Waals surface area contributed by atoms with E-state index in [-0.39, 0.29) is 12.5 Å². The van der Waals surface area contributed by atoms with E-state index in [1.54, 1.807) is 6.21 Å². The van der Waals surface area contributed by atoms with Gasteiger partial charge in [0.15, 0.2) is 6.61 Å². The molecule has 22 heavy (non-hydrogen) atoms. The molecule has 0 saturated carbocycles. The summed E-state index contributed by atoms with van der Waals surface area (Å²) in [5.41, 5.74) is 4.43. The number of hydrazone groups is 1. The molecule has 0 radical (unpaired) electrons. The summed E-state index contributed by atoms with van der Waals surface area (Å²) in [6.07, 6.45) is 2.45. The molecule has 0 heterocycles. The minimum Gasteiger partial charge on any atom is -0.483 e. The first-order valence-electron chi connectivity index (χ1n) is 6.97. The van der Waals surface area contributed by atoms with E-state index in [2.05, 4.69) is 26.5 Å². The Labute approximate surface area is 138 Å². The molecular weight excluding hydrogens is 344 g/mol. The summed E-state index contributed by atoms with van der Waals surface area (Å²) in [6, 6.07) is 15.3. The Balaban J connectivity index is 1.82. The number of nitrogens with zero attached hydrogens (tertiary/aromatic N) is 1. The molecule has 1 amide bonds. The average molecular weight is 361 g/mol. The van der Waals surface area contributed by atoms with Crippen molar-refractivity contribution < 1.29 is 9.53 Å². The summed E-state index contributed by atoms with van der Waals surface area (Å²) in [4.78, 5) is 11.7. The maximum atomic E-state index is 11.7. The third-order valence-electron chi connectivity index (χ3n) is 2.99. The van der Waals surface area contributed by atoms with E-state index in [9.17, 15) is 4.79 Å². The SMILES string of the molecule is CCc1ccccc1OCC(=O)N/N=C\c1ccc(Br)cc1. The van der Waals surface area contributed by atoms with Gasteiger partial charge in [0.2, 0.25) is 0 Å². The fourth-order valence-corrected chi connectivity index (χ4v) is 2.10. The van der Waals surface area contributed by atoms with Crippen molar-refractivity contribution in [3.63, 3.8) is 0 Å². The van der Waals surface area contributed by atoms with Crippen LogP contribution in [0.3, 0.4) is 0 Å². The van der Waals surface area contributed by atoms with Crippen LogP contribution in [0.4, 0.5) is 0 Å². The van der Waals surface area contributed by atoms with Crippen molar-refractivity contribution in [2.45, 2.75) is 13.3 Å². The molecule has 0 saturated heterocycles. The second-order valence-electron chi connectivity index (χ2n) is 4.59. The number of aryl methyl sites for hydroxylation is 1. The normalized spacial score (nSPS) is 10.6. The zero-order valence-electron chi connectivity index (χ0n) is 12.3. The van der Waals surface area contributed by atoms with Gasteiger partial charge in [0.25, 0.3) is 5.91 Å². The smallest absolute Gasteiger partial charge is 0.277 e. The molecule has 0 aliphatic heterocycles. The fraction of sp³-hybridized carbons (Fsp3) is 0.176. The van der Waals surface area contributed by atoms with E-state index in [4.69, 9.17) is 4.74 Å². The van der Waals surface area contributed by atoms with E-state index < -0.39 is 0 Å². The van der Waals surface area contributed by atoms with Crippen LogP contribution in [-0.2, 0) is 11.2 Å². The van der Waals surface area contributed by atoms with Gasteiger partial charge in [0, 0.05) is 4.47 Å². The van der Waals surface area contributed by atoms with Crippen molar-refractivity contribution >= 4 is 28.1 Å². The molecule has 0 unspecified atom stereocenters. The van der Waals surface area contributed by atoms with E-state index in [0.717, 1.165) is 27.8 Å². The van der Waals surface area contributed by atoms with Crippen molar-refractivity contribution in [3.05, 3.63) is 64.1 Å². The highest BCUT2D eigenvalue weighted by atomic mass is 79.9. The van der Waals surface area contributed by atoms with Gasteiger partial charge in [0.1, 0.15) is 5.75 Å². The lowest BCUT2D eigenvalue weighted by atomic mass is 10.1. The van der Waals surface area contributed by atoms with E-state index >= 15 is 0 Å². The average Bonchev–Trinajstić information content (AvgIpc) is 2.55. The second kappa shape index (κ2) is 8.34. The number of rotatable bonds is 6. The highest BCUT2D eigenvalue weighted by Crippen LogP contribution is 2.17. The summed E-state index contributed by atoms with van der Waals surface area (Å²) in [6.45, 7) is 1.99. The minimum absolute atomic E-state index is 0.0608. The molecular formula is C17H17BrN2O2. The van der Waals surface area contributed by atoms with Gasteiger partial charge < -0.3 is 4.74 Å². The number of halogens is 1. The number of amides is 1. The van der Waals surface area contributed by atoms with Gasteiger partial charge in [-0.15, -0.1) is 0 Å². The molecule has 0 bridgehead atoms. The summed E-state index contributed by atoms with van der Waals surface area (Å²) in [5, 5.41) is 3.91. The Bertz CT molecular complexity index is 654. The number of carbonyl (C=O) groups is 1. The Hall–Kier alpha value is -2.14. The number of hydrogen-bond donors (Lipinski definition) is 1. The van der Waals surface area contributed by atoms with Gasteiger partial charge in [-0.1, -0.05) is 53.2 Å². The molecule has 0 aliphatic rings. The Kier molecular flexibility index (Phi) is 6.15. The Morgan fingerprint density at radius 1 is 1.23 bits per heavy atom. The summed E-state index contributed by atoms with van der Waals surface area (Å²) < 4.78 is 6.51. The Morgan fingerprint density at radius 3 is 2.68 bits per heavy atom. The van der Waals surface area contributed by atoms with E-state index in [1.165, 1.54) is 0 Å². The lowest BCUT2D eigenvalue weighted by molar-refractivity contribution is -0.123. The first-order chi connectivity index (χ1) is 10.7. The lowest BCUT2D eigenvalue weighted by Gasteiger charge is -2.08.